The van der Waals surface area contributed by atoms with Crippen LogP contribution >= 0.6 is 11.6 Å². The van der Waals surface area contributed by atoms with E-state index in [0.29, 0.717) is 5.57 Å². The summed E-state index contributed by atoms with van der Waals surface area (Å²) in [6.45, 7) is 5.70. The molecule has 0 aromatic rings. The van der Waals surface area contributed by atoms with Crippen molar-refractivity contribution in [2.75, 3.05) is 20.1 Å². The first-order valence-electron chi connectivity index (χ1n) is 6.36. The monoisotopic (exact) mass is 314 g/mol. The van der Waals surface area contributed by atoms with Crippen LogP contribution < -0.4 is 0 Å². The molecule has 1 rings (SSSR count). The molecule has 1 aliphatic carbocycles. The maximum Gasteiger partial charge on any atom is 0.341 e. The van der Waals surface area contributed by atoms with Gasteiger partial charge in [0.15, 0.2) is 11.2 Å². The van der Waals surface area contributed by atoms with Crippen LogP contribution in [0, 0.1) is 10.8 Å². The average molecular weight is 315 g/mol. The maximum absolute atomic E-state index is 12.6. The summed E-state index contributed by atoms with van der Waals surface area (Å²) in [5.74, 6) is -2.61. The molecule has 0 heterocycles. The second kappa shape index (κ2) is 6.02. The Morgan fingerprint density at radius 1 is 1.24 bits per heavy atom. The fraction of sp³-hybridized carbons (Fsp3) is 0.533. The van der Waals surface area contributed by atoms with E-state index in [1.807, 2.05) is 20.8 Å². The highest BCUT2D eigenvalue weighted by Gasteiger charge is 2.50. The van der Waals surface area contributed by atoms with Crippen molar-refractivity contribution in [1.29, 1.82) is 0 Å². The summed E-state index contributed by atoms with van der Waals surface area (Å²) in [5.41, 5.74) is -1.63. The maximum atomic E-state index is 12.6. The summed E-state index contributed by atoms with van der Waals surface area (Å²) < 4.78 is 9.33. The number of ketones is 1. The quantitative estimate of drug-likeness (QED) is 0.345. The van der Waals surface area contributed by atoms with E-state index < -0.39 is 23.1 Å². The molecule has 1 unspecified atom stereocenters. The van der Waals surface area contributed by atoms with Gasteiger partial charge in [-0.25, -0.2) is 4.79 Å². The molecule has 1 atom stereocenters. The minimum absolute atomic E-state index is 0.198. The van der Waals surface area contributed by atoms with Gasteiger partial charge >= 0.3 is 11.9 Å². The molecule has 0 aliphatic heterocycles. The van der Waals surface area contributed by atoms with E-state index in [-0.39, 0.29) is 16.9 Å². The molecule has 0 aromatic carbocycles. The molecular weight excluding hydrogens is 296 g/mol. The molecule has 0 aromatic heterocycles. The number of rotatable bonds is 3. The van der Waals surface area contributed by atoms with E-state index in [1.165, 1.54) is 26.4 Å². The molecule has 0 saturated carbocycles. The lowest BCUT2D eigenvalue weighted by Crippen LogP contribution is -2.45. The topological polar surface area (TPSA) is 69.7 Å². The molecule has 116 valence electrons. The van der Waals surface area contributed by atoms with E-state index in [1.54, 1.807) is 0 Å². The Labute approximate surface area is 128 Å². The summed E-state index contributed by atoms with van der Waals surface area (Å²) in [4.78, 5) is 36.5. The van der Waals surface area contributed by atoms with E-state index >= 15 is 0 Å². The van der Waals surface area contributed by atoms with Crippen molar-refractivity contribution in [3.8, 4) is 0 Å². The lowest BCUT2D eigenvalue weighted by atomic mass is 9.71. The van der Waals surface area contributed by atoms with Crippen LogP contribution in [-0.4, -0.2) is 37.8 Å². The number of halogens is 1. The van der Waals surface area contributed by atoms with E-state index in [2.05, 4.69) is 4.74 Å². The Kier molecular flexibility index (Phi) is 4.99. The molecule has 0 amide bonds. The molecule has 21 heavy (non-hydrogen) atoms. The summed E-state index contributed by atoms with van der Waals surface area (Å²) in [6.07, 6.45) is 2.93. The molecule has 1 aliphatic rings. The number of methoxy groups -OCH3 is 2. The Morgan fingerprint density at radius 3 is 2.19 bits per heavy atom. The van der Waals surface area contributed by atoms with Gasteiger partial charge in [-0.05, 0) is 17.1 Å². The lowest BCUT2D eigenvalue weighted by molar-refractivity contribution is -0.153. The largest absolute Gasteiger partial charge is 0.468 e. The van der Waals surface area contributed by atoms with Crippen LogP contribution in [0.5, 0.6) is 0 Å². The zero-order valence-corrected chi connectivity index (χ0v) is 13.5. The zero-order valence-electron chi connectivity index (χ0n) is 12.8. The average Bonchev–Trinajstić information content (AvgIpc) is 2.44. The number of carbonyl (C=O) groups excluding carboxylic acids is 3. The number of ether oxygens (including phenoxy) is 2. The third-order valence-electron chi connectivity index (χ3n) is 3.38. The highest BCUT2D eigenvalue weighted by molar-refractivity contribution is 6.31. The van der Waals surface area contributed by atoms with Crippen LogP contribution in [0.15, 0.2) is 23.3 Å². The molecule has 0 spiro atoms. The SMILES string of the molecule is COC(=O)C1=CC(C(C)(C)C)=CC(CCl)(C(=O)OC)C1=O. The molecular formula is C15H19ClO5. The molecule has 5 nitrogen and oxygen atoms in total. The number of hydrogen-bond donors (Lipinski definition) is 0. The lowest BCUT2D eigenvalue weighted by Gasteiger charge is -2.32. The molecule has 0 N–H and O–H groups in total. The zero-order chi connectivity index (χ0) is 16.4. The third-order valence-corrected chi connectivity index (χ3v) is 3.80. The van der Waals surface area contributed by atoms with Gasteiger partial charge in [0.05, 0.1) is 14.2 Å². The van der Waals surface area contributed by atoms with Crippen LogP contribution in [0.3, 0.4) is 0 Å². The van der Waals surface area contributed by atoms with Crippen LogP contribution in [0.25, 0.3) is 0 Å². The van der Waals surface area contributed by atoms with Gasteiger partial charge in [-0.2, -0.15) is 0 Å². The second-order valence-electron chi connectivity index (χ2n) is 5.82. The summed E-state index contributed by atoms with van der Waals surface area (Å²) in [5, 5.41) is 0. The summed E-state index contributed by atoms with van der Waals surface area (Å²) in [6, 6.07) is 0. The van der Waals surface area contributed by atoms with E-state index in [0.717, 1.165) is 0 Å². The molecule has 0 bridgehead atoms. The predicted molar refractivity (Wildman–Crippen MR) is 77.8 cm³/mol. The van der Waals surface area contributed by atoms with Crippen molar-refractivity contribution in [2.45, 2.75) is 20.8 Å². The van der Waals surface area contributed by atoms with Gasteiger partial charge in [0.1, 0.15) is 5.57 Å². The minimum Gasteiger partial charge on any atom is -0.468 e. The molecule has 0 radical (unpaired) electrons. The fourth-order valence-electron chi connectivity index (χ4n) is 2.02. The number of hydrogen-bond acceptors (Lipinski definition) is 5. The van der Waals surface area contributed by atoms with Crippen molar-refractivity contribution in [3.63, 3.8) is 0 Å². The minimum atomic E-state index is -1.70. The van der Waals surface area contributed by atoms with Gasteiger partial charge < -0.3 is 9.47 Å². The Balaban J connectivity index is 3.58. The van der Waals surface area contributed by atoms with Crippen molar-refractivity contribution in [2.24, 2.45) is 10.8 Å². The second-order valence-corrected chi connectivity index (χ2v) is 6.09. The first kappa shape index (κ1) is 17.4. The van der Waals surface area contributed by atoms with Gasteiger partial charge in [0.25, 0.3) is 0 Å². The Hall–Kier alpha value is -1.62. The summed E-state index contributed by atoms with van der Waals surface area (Å²) in [7, 11) is 2.34. The van der Waals surface area contributed by atoms with Crippen molar-refractivity contribution >= 4 is 29.3 Å². The first-order valence-corrected chi connectivity index (χ1v) is 6.90. The van der Waals surface area contributed by atoms with Gasteiger partial charge in [-0.3, -0.25) is 9.59 Å². The third kappa shape index (κ3) is 3.02. The Bertz CT molecular complexity index is 539. The highest BCUT2D eigenvalue weighted by Crippen LogP contribution is 2.40. The number of carbonyl (C=O) groups is 3. The van der Waals surface area contributed by atoms with Gasteiger partial charge in [0.2, 0.25) is 0 Å². The van der Waals surface area contributed by atoms with Gasteiger partial charge in [-0.15, -0.1) is 11.6 Å². The van der Waals surface area contributed by atoms with E-state index in [9.17, 15) is 14.4 Å². The first-order chi connectivity index (χ1) is 9.63. The number of alkyl halides is 1. The van der Waals surface area contributed by atoms with Gasteiger partial charge in [-0.1, -0.05) is 26.8 Å². The fourth-order valence-corrected chi connectivity index (χ4v) is 2.32. The van der Waals surface area contributed by atoms with Crippen molar-refractivity contribution in [3.05, 3.63) is 23.3 Å². The van der Waals surface area contributed by atoms with Crippen LogP contribution in [0.4, 0.5) is 0 Å². The van der Waals surface area contributed by atoms with Crippen LogP contribution in [0.2, 0.25) is 0 Å². The van der Waals surface area contributed by atoms with Gasteiger partial charge in [0, 0.05) is 5.88 Å². The highest BCUT2D eigenvalue weighted by atomic mass is 35.5. The number of allylic oxidation sites excluding steroid dienone is 2. The summed E-state index contributed by atoms with van der Waals surface area (Å²) >= 11 is 5.89. The number of Topliss-reactive ketones (excluding diaryl/α,β-unsaturated/α-hetero) is 1. The van der Waals surface area contributed by atoms with E-state index in [4.69, 9.17) is 16.3 Å². The predicted octanol–water partition coefficient (Wildman–Crippen LogP) is 2.04. The molecule has 0 saturated heterocycles. The Morgan fingerprint density at radius 2 is 1.81 bits per heavy atom. The van der Waals surface area contributed by atoms with Crippen molar-refractivity contribution in [1.82, 2.24) is 0 Å². The molecule has 0 fully saturated rings. The smallest absolute Gasteiger partial charge is 0.341 e. The van der Waals surface area contributed by atoms with Crippen LogP contribution in [-0.2, 0) is 23.9 Å². The number of esters is 2. The van der Waals surface area contributed by atoms with Crippen LogP contribution in [0.1, 0.15) is 20.8 Å². The van der Waals surface area contributed by atoms with Crippen molar-refractivity contribution < 1.29 is 23.9 Å². The standard InChI is InChI=1S/C15H19ClO5/c1-14(2,3)9-6-10(12(18)20-4)11(17)15(7-9,8-16)13(19)21-5/h6-7H,8H2,1-5H3. The molecule has 6 heteroatoms. The normalized spacial score (nSPS) is 22.3.